The number of rotatable bonds is 8. The monoisotopic (exact) mass is 616 g/mol. The Morgan fingerprint density at radius 2 is 0.780 bits per heavy atom. The van der Waals surface area contributed by atoms with E-state index in [0.29, 0.717) is 12.1 Å². The van der Waals surface area contributed by atoms with Gasteiger partial charge < -0.3 is 28.7 Å². The van der Waals surface area contributed by atoms with E-state index in [0.717, 1.165) is 71.6 Å². The zero-order valence-corrected chi connectivity index (χ0v) is 30.1. The molecular formula is C31H62N4O4P2. The third-order valence-electron chi connectivity index (χ3n) is 8.64. The number of hydrogen-bond donors (Lipinski definition) is 2. The van der Waals surface area contributed by atoms with Gasteiger partial charge in [-0.1, -0.05) is 27.7 Å². The second-order valence-corrected chi connectivity index (χ2v) is 20.5. The zero-order chi connectivity index (χ0) is 30.5. The highest BCUT2D eigenvalue weighted by molar-refractivity contribution is 7.45. The molecule has 4 heterocycles. The number of nitrogens with zero attached hydrogens (tertiary/aromatic N) is 2. The van der Waals surface area contributed by atoms with Crippen LogP contribution in [0.25, 0.3) is 0 Å². The molecule has 0 bridgehead atoms. The van der Waals surface area contributed by atoms with E-state index in [4.69, 9.17) is 18.1 Å². The van der Waals surface area contributed by atoms with Gasteiger partial charge in [-0.3, -0.25) is 0 Å². The van der Waals surface area contributed by atoms with Crippen LogP contribution in [0.5, 0.6) is 0 Å². The fraction of sp³-hybridized carbons (Fsp3) is 1.00. The van der Waals surface area contributed by atoms with Crippen LogP contribution in [0.2, 0.25) is 0 Å². The Morgan fingerprint density at radius 3 is 1.05 bits per heavy atom. The van der Waals surface area contributed by atoms with Gasteiger partial charge in [0.05, 0.1) is 26.4 Å². The summed E-state index contributed by atoms with van der Waals surface area (Å²) in [5.74, 6) is 0. The normalized spacial score (nSPS) is 30.6. The van der Waals surface area contributed by atoms with Gasteiger partial charge >= 0.3 is 0 Å². The van der Waals surface area contributed by atoms with Crippen LogP contribution in [0.4, 0.5) is 0 Å². The predicted molar refractivity (Wildman–Crippen MR) is 172 cm³/mol. The van der Waals surface area contributed by atoms with Crippen LogP contribution in [-0.2, 0) is 18.1 Å². The smallest absolute Gasteiger partial charge is 0.259 e. The van der Waals surface area contributed by atoms with Crippen molar-refractivity contribution in [1.29, 1.82) is 0 Å². The van der Waals surface area contributed by atoms with Crippen LogP contribution >= 0.6 is 17.1 Å². The Kier molecular flexibility index (Phi) is 10.4. The molecule has 4 fully saturated rings. The van der Waals surface area contributed by atoms with Crippen molar-refractivity contribution in [3.63, 3.8) is 0 Å². The first-order valence-corrected chi connectivity index (χ1v) is 18.2. The molecule has 4 aliphatic heterocycles. The van der Waals surface area contributed by atoms with Gasteiger partial charge in [-0.25, -0.2) is 9.34 Å². The molecule has 240 valence electrons. The topological polar surface area (TPSA) is 67.5 Å². The molecule has 0 aromatic heterocycles. The molecule has 2 N–H and O–H groups in total. The Bertz CT molecular complexity index is 775. The molecule has 0 spiro atoms. The van der Waals surface area contributed by atoms with Crippen LogP contribution in [0.1, 0.15) is 115 Å². The third kappa shape index (κ3) is 9.76. The molecule has 0 atom stereocenters. The van der Waals surface area contributed by atoms with E-state index < -0.39 is 17.1 Å². The highest BCUT2D eigenvalue weighted by Gasteiger charge is 2.46. The largest absolute Gasteiger partial charge is 0.321 e. The molecule has 41 heavy (non-hydrogen) atoms. The predicted octanol–water partition coefficient (Wildman–Crippen LogP) is 7.20. The molecule has 10 heteroatoms. The van der Waals surface area contributed by atoms with Gasteiger partial charge in [0, 0.05) is 58.2 Å². The van der Waals surface area contributed by atoms with Crippen molar-refractivity contribution in [2.75, 3.05) is 39.5 Å². The van der Waals surface area contributed by atoms with E-state index in [1.54, 1.807) is 0 Å². The molecule has 0 radical (unpaired) electrons. The fourth-order valence-electron chi connectivity index (χ4n) is 7.52. The van der Waals surface area contributed by atoms with Crippen molar-refractivity contribution < 1.29 is 18.1 Å². The summed E-state index contributed by atoms with van der Waals surface area (Å²) in [7, 11) is -2.17. The number of piperidine rings is 2. The van der Waals surface area contributed by atoms with E-state index in [-0.39, 0.29) is 33.0 Å². The molecule has 0 amide bonds. The van der Waals surface area contributed by atoms with Crippen LogP contribution in [0.3, 0.4) is 0 Å². The summed E-state index contributed by atoms with van der Waals surface area (Å²) in [6, 6.07) is 0.819. The summed E-state index contributed by atoms with van der Waals surface area (Å²) >= 11 is 0. The highest BCUT2D eigenvalue weighted by Crippen LogP contribution is 2.54. The van der Waals surface area contributed by atoms with Gasteiger partial charge in [0.15, 0.2) is 0 Å². The van der Waals surface area contributed by atoms with Gasteiger partial charge in [0.1, 0.15) is 0 Å². The summed E-state index contributed by atoms with van der Waals surface area (Å²) in [5.41, 5.74) is 0.379. The van der Waals surface area contributed by atoms with E-state index in [9.17, 15) is 0 Å². The maximum atomic E-state index is 6.49. The van der Waals surface area contributed by atoms with E-state index in [1.165, 1.54) is 0 Å². The maximum Gasteiger partial charge on any atom is 0.259 e. The molecule has 0 saturated carbocycles. The minimum atomic E-state index is -1.08. The number of hydrogen-bond acceptors (Lipinski definition) is 8. The van der Waals surface area contributed by atoms with Crippen LogP contribution in [0.15, 0.2) is 0 Å². The maximum absolute atomic E-state index is 6.49. The third-order valence-corrected chi connectivity index (χ3v) is 11.9. The molecule has 0 aromatic rings. The van der Waals surface area contributed by atoms with Crippen molar-refractivity contribution in [3.8, 4) is 0 Å². The lowest BCUT2D eigenvalue weighted by molar-refractivity contribution is 0.0220. The minimum absolute atomic E-state index is 0.0627. The van der Waals surface area contributed by atoms with Crippen LogP contribution in [-0.4, -0.2) is 83.1 Å². The van der Waals surface area contributed by atoms with Crippen LogP contribution < -0.4 is 10.6 Å². The summed E-state index contributed by atoms with van der Waals surface area (Å²) in [5, 5.41) is 7.74. The second kappa shape index (κ2) is 12.4. The molecular weight excluding hydrogens is 554 g/mol. The Labute approximate surface area is 254 Å². The molecule has 4 saturated heterocycles. The summed E-state index contributed by atoms with van der Waals surface area (Å²) < 4.78 is 31.2. The van der Waals surface area contributed by atoms with Crippen molar-refractivity contribution in [1.82, 2.24) is 20.0 Å². The standard InChI is InChI=1S/C31H62N4O4P2/c1-26(2)20-36-40(37-21-26)34(24-16-28(5,6)32-29(7,8)17-24)14-13-15-35(41-38-22-27(3,4)23-39-41)25-18-30(9,10)33-31(11,12)19-25/h24-25,32-33H,13-23H2,1-12H3. The van der Waals surface area contributed by atoms with Gasteiger partial charge in [-0.2, -0.15) is 0 Å². The molecule has 0 aromatic carbocycles. The van der Waals surface area contributed by atoms with Crippen molar-refractivity contribution in [2.24, 2.45) is 10.8 Å². The fourth-order valence-corrected chi connectivity index (χ4v) is 11.6. The Balaban J connectivity index is 1.52. The minimum Gasteiger partial charge on any atom is -0.321 e. The van der Waals surface area contributed by atoms with Gasteiger partial charge in [0.2, 0.25) is 0 Å². The van der Waals surface area contributed by atoms with Crippen molar-refractivity contribution in [3.05, 3.63) is 0 Å². The lowest BCUT2D eigenvalue weighted by atomic mass is 9.79. The lowest BCUT2D eigenvalue weighted by Crippen LogP contribution is -2.62. The first-order chi connectivity index (χ1) is 18.7. The SMILES string of the molecule is CC1(C)COP(N(CCCN(C2CC(C)(C)NC(C)(C)C2)P2OCC(C)(C)CO2)C2CC(C)(C)NC(C)(C)C2)OC1. The second-order valence-electron chi connectivity index (χ2n) is 17.5. The zero-order valence-electron chi connectivity index (χ0n) is 28.4. The quantitative estimate of drug-likeness (QED) is 0.278. The average Bonchev–Trinajstić information content (AvgIpc) is 2.76. The molecule has 0 aliphatic carbocycles. The van der Waals surface area contributed by atoms with E-state index >= 15 is 0 Å². The number of nitrogens with one attached hydrogen (secondary N) is 2. The lowest BCUT2D eigenvalue weighted by Gasteiger charge is -2.52. The van der Waals surface area contributed by atoms with Gasteiger partial charge in [-0.15, -0.1) is 0 Å². The highest BCUT2D eigenvalue weighted by atomic mass is 31.2. The first kappa shape index (κ1) is 34.4. The summed E-state index contributed by atoms with van der Waals surface area (Å²) in [6.07, 6.45) is 5.36. The van der Waals surface area contributed by atoms with Crippen molar-refractivity contribution in [2.45, 2.75) is 149 Å². The average molecular weight is 617 g/mol. The van der Waals surface area contributed by atoms with E-state index in [2.05, 4.69) is 103 Å². The molecule has 4 rings (SSSR count). The molecule has 8 nitrogen and oxygen atoms in total. The van der Waals surface area contributed by atoms with Gasteiger partial charge in [0.25, 0.3) is 17.1 Å². The van der Waals surface area contributed by atoms with Gasteiger partial charge in [-0.05, 0) is 87.5 Å². The Morgan fingerprint density at radius 1 is 0.512 bits per heavy atom. The Hall–Kier alpha value is 0.540. The van der Waals surface area contributed by atoms with Crippen molar-refractivity contribution >= 4 is 17.1 Å². The van der Waals surface area contributed by atoms with Crippen LogP contribution in [0, 0.1) is 10.8 Å². The summed E-state index contributed by atoms with van der Waals surface area (Å²) in [4.78, 5) is 0. The molecule has 0 unspecified atom stereocenters. The first-order valence-electron chi connectivity index (χ1n) is 15.9. The molecule has 4 aliphatic rings. The summed E-state index contributed by atoms with van der Waals surface area (Å²) in [6.45, 7) is 32.5. The van der Waals surface area contributed by atoms with E-state index in [1.807, 2.05) is 0 Å².